The summed E-state index contributed by atoms with van der Waals surface area (Å²) in [6.45, 7) is 4.88. The van der Waals surface area contributed by atoms with Gasteiger partial charge in [0.1, 0.15) is 0 Å². The van der Waals surface area contributed by atoms with Crippen molar-refractivity contribution in [1.82, 2.24) is 10.0 Å². The van der Waals surface area contributed by atoms with E-state index in [0.29, 0.717) is 16.2 Å². The first-order valence-corrected chi connectivity index (χ1v) is 8.21. The van der Waals surface area contributed by atoms with Crippen LogP contribution in [0.25, 0.3) is 4.91 Å². The highest BCUT2D eigenvalue weighted by Crippen LogP contribution is 2.37. The lowest BCUT2D eigenvalue weighted by atomic mass is 9.93. The second-order valence-corrected chi connectivity index (χ2v) is 7.44. The molecule has 0 bridgehead atoms. The second-order valence-electron chi connectivity index (χ2n) is 5.38. The molecule has 0 unspecified atom stereocenters. The van der Waals surface area contributed by atoms with Crippen molar-refractivity contribution in [3.8, 4) is 0 Å². The van der Waals surface area contributed by atoms with Gasteiger partial charge in [0.05, 0.1) is 17.0 Å². The predicted molar refractivity (Wildman–Crippen MR) is 82.2 cm³/mol. The number of nitrogens with zero attached hydrogens (tertiary/aromatic N) is 1. The average Bonchev–Trinajstić information content (AvgIpc) is 2.52. The molecule has 7 heteroatoms. The molecule has 1 aromatic carbocycles. The van der Waals surface area contributed by atoms with Crippen molar-refractivity contribution in [1.29, 1.82) is 0 Å². The molecular formula is C14H16ClN2O3S. The van der Waals surface area contributed by atoms with Gasteiger partial charge in [0, 0.05) is 11.9 Å². The Bertz CT molecular complexity index is 706. The number of halogens is 1. The standard InChI is InChI=1S/C14H16ClN2O3S/c1-9(18)16-8-12-13(10-4-6-11(15)7-5-10)21(19,20)17-14(12,2)3/h4-7,17H,8H2,1-3H3. The molecule has 21 heavy (non-hydrogen) atoms. The van der Waals surface area contributed by atoms with Crippen LogP contribution in [0.1, 0.15) is 26.3 Å². The van der Waals surface area contributed by atoms with Crippen molar-refractivity contribution in [2.24, 2.45) is 0 Å². The number of sulfonamides is 1. The van der Waals surface area contributed by atoms with E-state index in [0.717, 1.165) is 0 Å². The van der Waals surface area contributed by atoms with Gasteiger partial charge >= 0.3 is 0 Å². The Kier molecular flexibility index (Phi) is 4.15. The number of hydrogen-bond donors (Lipinski definition) is 1. The lowest BCUT2D eigenvalue weighted by Crippen LogP contribution is -2.40. The average molecular weight is 328 g/mol. The SMILES string of the molecule is CC(=O)[N]CC1=C(c2ccc(Cl)cc2)S(=O)(=O)NC1(C)C. The minimum Gasteiger partial charge on any atom is -0.273 e. The Morgan fingerprint density at radius 2 is 1.86 bits per heavy atom. The topological polar surface area (TPSA) is 77.3 Å². The normalized spacial score (nSPS) is 19.6. The molecule has 1 heterocycles. The maximum atomic E-state index is 12.4. The molecule has 0 saturated heterocycles. The molecule has 1 N–H and O–H groups in total. The van der Waals surface area contributed by atoms with Crippen molar-refractivity contribution in [2.75, 3.05) is 6.54 Å². The summed E-state index contributed by atoms with van der Waals surface area (Å²) in [6, 6.07) is 6.55. The first-order valence-electron chi connectivity index (χ1n) is 6.35. The van der Waals surface area contributed by atoms with Gasteiger partial charge in [0.15, 0.2) is 0 Å². The summed E-state index contributed by atoms with van der Waals surface area (Å²) in [5.74, 6) is -0.335. The minimum atomic E-state index is -3.64. The Balaban J connectivity index is 2.59. The highest BCUT2D eigenvalue weighted by molar-refractivity contribution is 7.99. The van der Waals surface area contributed by atoms with Gasteiger partial charge in [0.25, 0.3) is 0 Å². The first-order chi connectivity index (χ1) is 9.63. The van der Waals surface area contributed by atoms with Crippen molar-refractivity contribution in [2.45, 2.75) is 26.3 Å². The van der Waals surface area contributed by atoms with Crippen molar-refractivity contribution in [3.05, 3.63) is 40.4 Å². The summed E-state index contributed by atoms with van der Waals surface area (Å²) in [5, 5.41) is 4.36. The third kappa shape index (κ3) is 3.28. The second kappa shape index (κ2) is 5.44. The number of amides is 1. The van der Waals surface area contributed by atoms with Gasteiger partial charge in [0.2, 0.25) is 15.9 Å². The van der Waals surface area contributed by atoms with Crippen LogP contribution in [0.2, 0.25) is 5.02 Å². The zero-order valence-corrected chi connectivity index (χ0v) is 13.5. The summed E-state index contributed by atoms with van der Waals surface area (Å²) in [7, 11) is -3.64. The van der Waals surface area contributed by atoms with E-state index in [-0.39, 0.29) is 17.4 Å². The molecule has 2 rings (SSSR count). The van der Waals surface area contributed by atoms with E-state index < -0.39 is 15.6 Å². The number of benzene rings is 1. The maximum Gasteiger partial charge on any atom is 0.242 e. The molecule has 0 spiro atoms. The highest BCUT2D eigenvalue weighted by atomic mass is 35.5. The molecule has 0 atom stereocenters. The van der Waals surface area contributed by atoms with Gasteiger partial charge in [-0.1, -0.05) is 23.7 Å². The number of hydrogen-bond acceptors (Lipinski definition) is 3. The van der Waals surface area contributed by atoms with Gasteiger partial charge < -0.3 is 0 Å². The van der Waals surface area contributed by atoms with Crippen LogP contribution in [-0.4, -0.2) is 26.4 Å². The molecular weight excluding hydrogens is 312 g/mol. The zero-order chi connectivity index (χ0) is 15.8. The van der Waals surface area contributed by atoms with Gasteiger partial charge in [-0.05, 0) is 37.1 Å². The van der Waals surface area contributed by atoms with Crippen LogP contribution in [0.5, 0.6) is 0 Å². The molecule has 1 aliphatic heterocycles. The van der Waals surface area contributed by atoms with Crippen LogP contribution < -0.4 is 10.0 Å². The van der Waals surface area contributed by atoms with Crippen molar-refractivity contribution >= 4 is 32.4 Å². The van der Waals surface area contributed by atoms with Crippen molar-refractivity contribution < 1.29 is 13.2 Å². The lowest BCUT2D eigenvalue weighted by molar-refractivity contribution is -0.119. The van der Waals surface area contributed by atoms with Gasteiger partial charge in [-0.15, -0.1) is 0 Å². The van der Waals surface area contributed by atoms with Crippen LogP contribution in [0.15, 0.2) is 29.8 Å². The third-order valence-electron chi connectivity index (χ3n) is 3.25. The number of carbonyl (C=O) groups excluding carboxylic acids is 1. The third-order valence-corrected chi connectivity index (χ3v) is 5.30. The minimum absolute atomic E-state index is 0.0481. The van der Waals surface area contributed by atoms with Crippen LogP contribution in [0.3, 0.4) is 0 Å². The first kappa shape index (κ1) is 16.0. The molecule has 113 valence electrons. The molecule has 0 saturated carbocycles. The lowest BCUT2D eigenvalue weighted by Gasteiger charge is -2.21. The van der Waals surface area contributed by atoms with E-state index in [4.69, 9.17) is 11.6 Å². The van der Waals surface area contributed by atoms with Crippen LogP contribution >= 0.6 is 11.6 Å². The number of nitrogens with one attached hydrogen (secondary N) is 1. The Morgan fingerprint density at radius 1 is 1.29 bits per heavy atom. The Hall–Kier alpha value is -1.37. The van der Waals surface area contributed by atoms with Crippen LogP contribution in [-0.2, 0) is 14.8 Å². The molecule has 1 amide bonds. The van der Waals surface area contributed by atoms with Crippen LogP contribution in [0.4, 0.5) is 0 Å². The van der Waals surface area contributed by atoms with E-state index in [9.17, 15) is 13.2 Å². The fourth-order valence-electron chi connectivity index (χ4n) is 2.29. The molecule has 1 aliphatic rings. The quantitative estimate of drug-likeness (QED) is 0.921. The maximum absolute atomic E-state index is 12.4. The Morgan fingerprint density at radius 3 is 2.38 bits per heavy atom. The van der Waals surface area contributed by atoms with E-state index in [1.807, 2.05) is 0 Å². The fourth-order valence-corrected chi connectivity index (χ4v) is 4.40. The Labute approximate surface area is 129 Å². The molecule has 1 radical (unpaired) electrons. The largest absolute Gasteiger partial charge is 0.273 e. The zero-order valence-electron chi connectivity index (χ0n) is 12.0. The predicted octanol–water partition coefficient (Wildman–Crippen LogP) is 1.91. The summed E-state index contributed by atoms with van der Waals surface area (Å²) >= 11 is 5.84. The van der Waals surface area contributed by atoms with Gasteiger partial charge in [-0.3, -0.25) is 4.79 Å². The fraction of sp³-hybridized carbons (Fsp3) is 0.357. The van der Waals surface area contributed by atoms with Gasteiger partial charge in [-0.25, -0.2) is 18.5 Å². The highest BCUT2D eigenvalue weighted by Gasteiger charge is 2.42. The number of rotatable bonds is 3. The monoisotopic (exact) mass is 327 g/mol. The molecule has 0 fully saturated rings. The van der Waals surface area contributed by atoms with Crippen LogP contribution in [0, 0.1) is 0 Å². The smallest absolute Gasteiger partial charge is 0.242 e. The van der Waals surface area contributed by atoms with Gasteiger partial charge in [-0.2, -0.15) is 0 Å². The molecule has 0 aliphatic carbocycles. The van der Waals surface area contributed by atoms with E-state index in [1.165, 1.54) is 6.92 Å². The van der Waals surface area contributed by atoms with E-state index >= 15 is 0 Å². The summed E-state index contributed by atoms with van der Waals surface area (Å²) in [4.78, 5) is 11.3. The molecule has 5 nitrogen and oxygen atoms in total. The summed E-state index contributed by atoms with van der Waals surface area (Å²) < 4.78 is 27.4. The summed E-state index contributed by atoms with van der Waals surface area (Å²) in [6.07, 6.45) is 0. The number of carbonyl (C=O) groups is 1. The van der Waals surface area contributed by atoms with E-state index in [1.54, 1.807) is 38.1 Å². The van der Waals surface area contributed by atoms with E-state index in [2.05, 4.69) is 10.0 Å². The summed E-state index contributed by atoms with van der Waals surface area (Å²) in [5.41, 5.74) is 0.318. The molecule has 0 aromatic heterocycles. The molecule has 1 aromatic rings. The van der Waals surface area contributed by atoms with Crippen molar-refractivity contribution in [3.63, 3.8) is 0 Å².